The number of anilines is 1. The fourth-order valence-electron chi connectivity index (χ4n) is 1.56. The SMILES string of the molecule is Cc1cccc(C(=O)NC(=S)Nc2ccc(I)cn2)c1. The summed E-state index contributed by atoms with van der Waals surface area (Å²) in [6.07, 6.45) is 1.72. The predicted octanol–water partition coefficient (Wildman–Crippen LogP) is 3.12. The number of nitrogens with zero attached hydrogens (tertiary/aromatic N) is 1. The van der Waals surface area contributed by atoms with E-state index < -0.39 is 0 Å². The van der Waals surface area contributed by atoms with E-state index in [4.69, 9.17) is 12.2 Å². The van der Waals surface area contributed by atoms with Crippen LogP contribution in [0.5, 0.6) is 0 Å². The summed E-state index contributed by atoms with van der Waals surface area (Å²) in [5.41, 5.74) is 1.60. The standard InChI is InChI=1S/C14H12IN3OS/c1-9-3-2-4-10(7-9)13(19)18-14(20)17-12-6-5-11(15)8-16-12/h2-8H,1H3,(H2,16,17,18,19,20). The summed E-state index contributed by atoms with van der Waals surface area (Å²) in [5, 5.41) is 5.72. The molecule has 0 saturated carbocycles. The van der Waals surface area contributed by atoms with Crippen molar-refractivity contribution >= 4 is 51.6 Å². The van der Waals surface area contributed by atoms with Gasteiger partial charge in [0, 0.05) is 15.3 Å². The number of hydrogen-bond donors (Lipinski definition) is 2. The van der Waals surface area contributed by atoms with E-state index in [2.05, 4.69) is 38.2 Å². The number of hydrogen-bond acceptors (Lipinski definition) is 3. The Balaban J connectivity index is 1.97. The van der Waals surface area contributed by atoms with Gasteiger partial charge < -0.3 is 5.32 Å². The van der Waals surface area contributed by atoms with Gasteiger partial charge in [0.15, 0.2) is 5.11 Å². The normalized spacial score (nSPS) is 9.90. The fourth-order valence-corrected chi connectivity index (χ4v) is 2.08. The molecule has 0 saturated heterocycles. The molecule has 6 heteroatoms. The van der Waals surface area contributed by atoms with Gasteiger partial charge in [0.25, 0.3) is 5.91 Å². The minimum Gasteiger partial charge on any atom is -0.317 e. The largest absolute Gasteiger partial charge is 0.317 e. The summed E-state index contributed by atoms with van der Waals surface area (Å²) in [7, 11) is 0. The molecule has 2 N–H and O–H groups in total. The molecule has 2 aromatic rings. The maximum Gasteiger partial charge on any atom is 0.257 e. The van der Waals surface area contributed by atoms with Crippen LogP contribution in [-0.4, -0.2) is 16.0 Å². The highest BCUT2D eigenvalue weighted by Crippen LogP contribution is 2.07. The lowest BCUT2D eigenvalue weighted by molar-refractivity contribution is 0.0977. The Morgan fingerprint density at radius 2 is 2.10 bits per heavy atom. The van der Waals surface area contributed by atoms with E-state index in [-0.39, 0.29) is 11.0 Å². The molecule has 1 aromatic heterocycles. The molecule has 0 fully saturated rings. The van der Waals surface area contributed by atoms with Crippen molar-refractivity contribution in [1.82, 2.24) is 10.3 Å². The second kappa shape index (κ2) is 6.76. The zero-order valence-corrected chi connectivity index (χ0v) is 13.7. The number of carbonyl (C=O) groups is 1. The third kappa shape index (κ3) is 4.24. The molecule has 0 aliphatic heterocycles. The number of thiocarbonyl (C=S) groups is 1. The van der Waals surface area contributed by atoms with Crippen molar-refractivity contribution in [3.63, 3.8) is 0 Å². The molecule has 102 valence electrons. The van der Waals surface area contributed by atoms with Crippen LogP contribution in [0.3, 0.4) is 0 Å². The number of rotatable bonds is 2. The zero-order chi connectivity index (χ0) is 14.5. The first-order valence-electron chi connectivity index (χ1n) is 5.85. The molecule has 1 heterocycles. The molecule has 1 amide bonds. The highest BCUT2D eigenvalue weighted by atomic mass is 127. The molecule has 0 unspecified atom stereocenters. The molecule has 4 nitrogen and oxygen atoms in total. The third-order valence-corrected chi connectivity index (χ3v) is 3.32. The van der Waals surface area contributed by atoms with Crippen LogP contribution >= 0.6 is 34.8 Å². The first kappa shape index (κ1) is 14.9. The average Bonchev–Trinajstić information content (AvgIpc) is 2.41. The number of benzene rings is 1. The van der Waals surface area contributed by atoms with Crippen molar-refractivity contribution in [2.45, 2.75) is 6.92 Å². The Hall–Kier alpha value is -1.54. The Kier molecular flexibility index (Phi) is 5.02. The van der Waals surface area contributed by atoms with Gasteiger partial charge in [-0.3, -0.25) is 10.1 Å². The van der Waals surface area contributed by atoms with E-state index in [1.54, 1.807) is 24.4 Å². The second-order valence-corrected chi connectivity index (χ2v) is 5.79. The molecule has 0 aliphatic carbocycles. The highest BCUT2D eigenvalue weighted by Gasteiger charge is 2.08. The van der Waals surface area contributed by atoms with Crippen LogP contribution in [0.15, 0.2) is 42.6 Å². The number of pyridine rings is 1. The number of amides is 1. The molecular weight excluding hydrogens is 385 g/mol. The summed E-state index contributed by atoms with van der Waals surface area (Å²) in [6, 6.07) is 11.0. The fraction of sp³-hybridized carbons (Fsp3) is 0.0714. The Morgan fingerprint density at radius 1 is 1.30 bits per heavy atom. The maximum absolute atomic E-state index is 12.0. The van der Waals surface area contributed by atoms with Crippen LogP contribution in [0, 0.1) is 10.5 Å². The lowest BCUT2D eigenvalue weighted by Crippen LogP contribution is -2.34. The second-order valence-electron chi connectivity index (χ2n) is 4.14. The summed E-state index contributed by atoms with van der Waals surface area (Å²) in [4.78, 5) is 16.1. The molecule has 0 aliphatic rings. The van der Waals surface area contributed by atoms with E-state index in [0.717, 1.165) is 9.13 Å². The van der Waals surface area contributed by atoms with E-state index in [0.29, 0.717) is 11.4 Å². The van der Waals surface area contributed by atoms with Crippen LogP contribution in [0.2, 0.25) is 0 Å². The van der Waals surface area contributed by atoms with Crippen LogP contribution in [-0.2, 0) is 0 Å². The summed E-state index contributed by atoms with van der Waals surface area (Å²) in [6.45, 7) is 1.93. The molecule has 2 rings (SSSR count). The monoisotopic (exact) mass is 397 g/mol. The summed E-state index contributed by atoms with van der Waals surface area (Å²) < 4.78 is 1.03. The van der Waals surface area contributed by atoms with Crippen LogP contribution in [0.25, 0.3) is 0 Å². The molecular formula is C14H12IN3OS. The Bertz CT molecular complexity index is 643. The van der Waals surface area contributed by atoms with Gasteiger partial charge in [-0.25, -0.2) is 4.98 Å². The number of aryl methyl sites for hydroxylation is 1. The molecule has 0 radical (unpaired) electrons. The van der Waals surface area contributed by atoms with Gasteiger partial charge in [-0.05, 0) is 66.0 Å². The minimum atomic E-state index is -0.239. The Morgan fingerprint density at radius 3 is 2.75 bits per heavy atom. The Labute approximate surface area is 136 Å². The lowest BCUT2D eigenvalue weighted by atomic mass is 10.1. The van der Waals surface area contributed by atoms with Crippen molar-refractivity contribution < 1.29 is 4.79 Å². The molecule has 0 bridgehead atoms. The first-order chi connectivity index (χ1) is 9.54. The van der Waals surface area contributed by atoms with Crippen molar-refractivity contribution in [2.24, 2.45) is 0 Å². The van der Waals surface area contributed by atoms with Gasteiger partial charge in [-0.15, -0.1) is 0 Å². The number of aromatic nitrogens is 1. The number of carbonyl (C=O) groups excluding carboxylic acids is 1. The van der Waals surface area contributed by atoms with Gasteiger partial charge in [-0.2, -0.15) is 0 Å². The number of nitrogens with one attached hydrogen (secondary N) is 2. The number of halogens is 1. The van der Waals surface area contributed by atoms with E-state index in [9.17, 15) is 4.79 Å². The lowest BCUT2D eigenvalue weighted by Gasteiger charge is -2.09. The van der Waals surface area contributed by atoms with E-state index in [1.807, 2.05) is 25.1 Å². The third-order valence-electron chi connectivity index (χ3n) is 2.48. The van der Waals surface area contributed by atoms with E-state index >= 15 is 0 Å². The van der Waals surface area contributed by atoms with Gasteiger partial charge in [0.1, 0.15) is 5.82 Å². The maximum atomic E-state index is 12.0. The highest BCUT2D eigenvalue weighted by molar-refractivity contribution is 14.1. The smallest absolute Gasteiger partial charge is 0.257 e. The van der Waals surface area contributed by atoms with Gasteiger partial charge in [0.2, 0.25) is 0 Å². The average molecular weight is 397 g/mol. The molecule has 20 heavy (non-hydrogen) atoms. The quantitative estimate of drug-likeness (QED) is 0.604. The first-order valence-corrected chi connectivity index (χ1v) is 7.34. The van der Waals surface area contributed by atoms with Gasteiger partial charge in [0.05, 0.1) is 0 Å². The van der Waals surface area contributed by atoms with Crippen LogP contribution < -0.4 is 10.6 Å². The predicted molar refractivity (Wildman–Crippen MR) is 91.8 cm³/mol. The minimum absolute atomic E-state index is 0.227. The van der Waals surface area contributed by atoms with Crippen molar-refractivity contribution in [3.8, 4) is 0 Å². The molecule has 0 spiro atoms. The van der Waals surface area contributed by atoms with Crippen molar-refractivity contribution in [3.05, 3.63) is 57.3 Å². The van der Waals surface area contributed by atoms with Crippen molar-refractivity contribution in [2.75, 3.05) is 5.32 Å². The molecule has 0 atom stereocenters. The zero-order valence-electron chi connectivity index (χ0n) is 10.7. The van der Waals surface area contributed by atoms with Crippen LogP contribution in [0.4, 0.5) is 5.82 Å². The van der Waals surface area contributed by atoms with Gasteiger partial charge >= 0.3 is 0 Å². The van der Waals surface area contributed by atoms with Crippen LogP contribution in [0.1, 0.15) is 15.9 Å². The van der Waals surface area contributed by atoms with Crippen molar-refractivity contribution in [1.29, 1.82) is 0 Å². The summed E-state index contributed by atoms with van der Waals surface area (Å²) >= 11 is 7.26. The van der Waals surface area contributed by atoms with Gasteiger partial charge in [-0.1, -0.05) is 17.7 Å². The summed E-state index contributed by atoms with van der Waals surface area (Å²) in [5.74, 6) is 0.358. The topological polar surface area (TPSA) is 54.0 Å². The molecule has 1 aromatic carbocycles. The van der Waals surface area contributed by atoms with E-state index in [1.165, 1.54) is 0 Å².